The molecule has 10 nitrogen and oxygen atoms in total. The zero-order valence-electron chi connectivity index (χ0n) is 21.9. The van der Waals surface area contributed by atoms with Gasteiger partial charge in [0.05, 0.1) is 11.1 Å². The summed E-state index contributed by atoms with van der Waals surface area (Å²) < 4.78 is 12.9. The molecule has 2 aromatic carbocycles. The van der Waals surface area contributed by atoms with E-state index in [0.29, 0.717) is 41.5 Å². The van der Waals surface area contributed by atoms with Gasteiger partial charge in [0.15, 0.2) is 17.3 Å². The molecule has 1 N–H and O–H groups in total. The smallest absolute Gasteiger partial charge is 0.253 e. The van der Waals surface area contributed by atoms with Crippen molar-refractivity contribution < 1.29 is 9.47 Å². The first-order valence-electron chi connectivity index (χ1n) is 12.7. The van der Waals surface area contributed by atoms with Gasteiger partial charge in [-0.3, -0.25) is 9.69 Å². The fraction of sp³-hybridized carbons (Fsp3) is 0.407. The number of hydrogen-bond donors (Lipinski definition) is 1. The van der Waals surface area contributed by atoms with Gasteiger partial charge in [-0.1, -0.05) is 17.7 Å². The van der Waals surface area contributed by atoms with Crippen molar-refractivity contribution in [1.29, 1.82) is 0 Å². The second kappa shape index (κ2) is 9.28. The summed E-state index contributed by atoms with van der Waals surface area (Å²) in [5, 5.41) is 14.3. The van der Waals surface area contributed by atoms with Gasteiger partial charge in [-0.2, -0.15) is 0 Å². The van der Waals surface area contributed by atoms with E-state index in [9.17, 15) is 4.79 Å². The fourth-order valence-corrected chi connectivity index (χ4v) is 5.47. The van der Waals surface area contributed by atoms with E-state index in [1.54, 1.807) is 0 Å². The Kier molecular flexibility index (Phi) is 6.03. The minimum atomic E-state index is -0.439. The molecule has 0 amide bonds. The predicted octanol–water partition coefficient (Wildman–Crippen LogP) is 3.87. The number of fused-ring (bicyclic) bond motifs is 2. The number of ether oxygens (including phenoxy) is 2. The van der Waals surface area contributed by atoms with E-state index in [0.717, 1.165) is 29.2 Å². The number of aromatic amines is 1. The van der Waals surface area contributed by atoms with Crippen LogP contribution < -0.4 is 19.9 Å². The van der Waals surface area contributed by atoms with Gasteiger partial charge in [-0.15, -0.1) is 5.10 Å². The quantitative estimate of drug-likeness (QED) is 0.420. The lowest BCUT2D eigenvalue weighted by Gasteiger charge is -2.40. The van der Waals surface area contributed by atoms with Gasteiger partial charge in [0, 0.05) is 53.9 Å². The highest BCUT2D eigenvalue weighted by Crippen LogP contribution is 2.37. The Bertz CT molecular complexity index is 1570. The standard InChI is InChI=1S/C27H30ClN7O3/c1-16-5-6-18(28)13-21(16)33-7-9-34(10-8-33)24(25-30-31-32-35(25)27(2,3)4)19-11-17-12-22-23(38-15-37-22)14-20(17)29-26(19)36/h5-6,11-14,24H,7-10,15H2,1-4H3,(H,29,36)/t24-/m0/s1. The number of rotatable bonds is 4. The Labute approximate surface area is 225 Å². The number of aromatic nitrogens is 5. The fourth-order valence-electron chi connectivity index (χ4n) is 5.30. The summed E-state index contributed by atoms with van der Waals surface area (Å²) in [4.78, 5) is 21.3. The van der Waals surface area contributed by atoms with Gasteiger partial charge in [0.25, 0.3) is 5.56 Å². The molecule has 38 heavy (non-hydrogen) atoms. The van der Waals surface area contributed by atoms with E-state index in [4.69, 9.17) is 21.1 Å². The molecular formula is C27H30ClN7O3. The van der Waals surface area contributed by atoms with Crippen molar-refractivity contribution in [2.75, 3.05) is 37.9 Å². The number of aryl methyl sites for hydroxylation is 1. The number of halogens is 1. The molecule has 0 spiro atoms. The van der Waals surface area contributed by atoms with Crippen LogP contribution in [0, 0.1) is 6.92 Å². The van der Waals surface area contributed by atoms with E-state index in [-0.39, 0.29) is 17.9 Å². The summed E-state index contributed by atoms with van der Waals surface area (Å²) in [6.07, 6.45) is 0. The van der Waals surface area contributed by atoms with Crippen molar-refractivity contribution in [3.63, 3.8) is 0 Å². The van der Waals surface area contributed by atoms with Crippen molar-refractivity contribution >= 4 is 28.2 Å². The Morgan fingerprint density at radius 2 is 1.76 bits per heavy atom. The number of hydrogen-bond acceptors (Lipinski definition) is 8. The third kappa shape index (κ3) is 4.37. The number of H-pyrrole nitrogens is 1. The Morgan fingerprint density at radius 1 is 1.03 bits per heavy atom. The van der Waals surface area contributed by atoms with Crippen LogP contribution in [0.5, 0.6) is 11.5 Å². The van der Waals surface area contributed by atoms with Crippen LogP contribution in [0.4, 0.5) is 5.69 Å². The van der Waals surface area contributed by atoms with Crippen molar-refractivity contribution in [3.8, 4) is 11.5 Å². The number of pyridine rings is 1. The maximum atomic E-state index is 13.6. The minimum Gasteiger partial charge on any atom is -0.454 e. The van der Waals surface area contributed by atoms with Crippen LogP contribution in [0.2, 0.25) is 5.02 Å². The molecule has 4 heterocycles. The SMILES string of the molecule is Cc1ccc(Cl)cc1N1CCN([C@@H](c2cc3cc4c(cc3[nH]c2=O)OCO4)c2nnnn2C(C)(C)C)CC1. The first kappa shape index (κ1) is 24.7. The number of nitrogens with zero attached hydrogens (tertiary/aromatic N) is 6. The van der Waals surface area contributed by atoms with Crippen LogP contribution in [0.25, 0.3) is 10.9 Å². The van der Waals surface area contributed by atoms with Gasteiger partial charge < -0.3 is 19.4 Å². The normalized spacial score (nSPS) is 16.8. The van der Waals surface area contributed by atoms with Crippen molar-refractivity contribution in [3.05, 3.63) is 68.7 Å². The summed E-state index contributed by atoms with van der Waals surface area (Å²) >= 11 is 6.31. The van der Waals surface area contributed by atoms with E-state index < -0.39 is 6.04 Å². The molecule has 11 heteroatoms. The molecule has 2 aromatic heterocycles. The summed E-state index contributed by atoms with van der Waals surface area (Å²) in [5.74, 6) is 1.93. The lowest BCUT2D eigenvalue weighted by atomic mass is 10.0. The maximum absolute atomic E-state index is 13.6. The number of tetrazole rings is 1. The molecule has 198 valence electrons. The molecule has 6 rings (SSSR count). The van der Waals surface area contributed by atoms with Crippen LogP contribution >= 0.6 is 11.6 Å². The molecule has 0 aliphatic carbocycles. The van der Waals surface area contributed by atoms with Gasteiger partial charge in [-0.05, 0) is 68.0 Å². The molecule has 1 saturated heterocycles. The number of anilines is 1. The topological polar surface area (TPSA) is 101 Å². The van der Waals surface area contributed by atoms with Crippen molar-refractivity contribution in [2.24, 2.45) is 0 Å². The van der Waals surface area contributed by atoms with Crippen LogP contribution in [0.3, 0.4) is 0 Å². The van der Waals surface area contributed by atoms with Crippen LogP contribution in [-0.4, -0.2) is 63.1 Å². The van der Waals surface area contributed by atoms with Crippen molar-refractivity contribution in [2.45, 2.75) is 39.3 Å². The third-order valence-electron chi connectivity index (χ3n) is 7.23. The molecule has 1 atom stereocenters. The number of piperazine rings is 1. The Balaban J connectivity index is 1.41. The van der Waals surface area contributed by atoms with Crippen LogP contribution in [0.1, 0.15) is 43.8 Å². The summed E-state index contributed by atoms with van der Waals surface area (Å²) in [7, 11) is 0. The summed E-state index contributed by atoms with van der Waals surface area (Å²) in [5.41, 5.74) is 3.04. The monoisotopic (exact) mass is 535 g/mol. The molecule has 0 bridgehead atoms. The Hall–Kier alpha value is -3.63. The molecule has 0 radical (unpaired) electrons. The van der Waals surface area contributed by atoms with Crippen molar-refractivity contribution in [1.82, 2.24) is 30.1 Å². The number of nitrogens with one attached hydrogen (secondary N) is 1. The van der Waals surface area contributed by atoms with Gasteiger partial charge >= 0.3 is 0 Å². The molecule has 0 unspecified atom stereocenters. The summed E-state index contributed by atoms with van der Waals surface area (Å²) in [6, 6.07) is 11.2. The molecule has 2 aliphatic heterocycles. The summed E-state index contributed by atoms with van der Waals surface area (Å²) in [6.45, 7) is 11.4. The number of benzene rings is 2. The highest BCUT2D eigenvalue weighted by molar-refractivity contribution is 6.30. The maximum Gasteiger partial charge on any atom is 0.253 e. The first-order chi connectivity index (χ1) is 18.2. The van der Waals surface area contributed by atoms with E-state index >= 15 is 0 Å². The zero-order valence-corrected chi connectivity index (χ0v) is 22.6. The predicted molar refractivity (Wildman–Crippen MR) is 145 cm³/mol. The highest BCUT2D eigenvalue weighted by atomic mass is 35.5. The van der Waals surface area contributed by atoms with Gasteiger partial charge in [-0.25, -0.2) is 4.68 Å². The average molecular weight is 536 g/mol. The zero-order chi connectivity index (χ0) is 26.6. The molecular weight excluding hydrogens is 506 g/mol. The first-order valence-corrected chi connectivity index (χ1v) is 13.1. The lowest BCUT2D eigenvalue weighted by molar-refractivity contribution is 0.174. The third-order valence-corrected chi connectivity index (χ3v) is 7.46. The van der Waals surface area contributed by atoms with E-state index in [1.807, 2.05) is 41.1 Å². The van der Waals surface area contributed by atoms with Crippen LogP contribution in [0.15, 0.2) is 41.2 Å². The molecule has 4 aromatic rings. The average Bonchev–Trinajstić information content (AvgIpc) is 3.55. The van der Waals surface area contributed by atoms with Gasteiger partial charge in [0.2, 0.25) is 6.79 Å². The molecule has 1 fully saturated rings. The molecule has 0 saturated carbocycles. The minimum absolute atomic E-state index is 0.169. The molecule has 2 aliphatic rings. The van der Waals surface area contributed by atoms with Crippen LogP contribution in [-0.2, 0) is 5.54 Å². The Morgan fingerprint density at radius 3 is 2.50 bits per heavy atom. The second-order valence-electron chi connectivity index (χ2n) is 10.8. The lowest BCUT2D eigenvalue weighted by Crippen LogP contribution is -2.49. The largest absolute Gasteiger partial charge is 0.454 e. The highest BCUT2D eigenvalue weighted by Gasteiger charge is 2.35. The van der Waals surface area contributed by atoms with E-state index in [2.05, 4.69) is 58.0 Å². The van der Waals surface area contributed by atoms with E-state index in [1.165, 1.54) is 5.56 Å². The second-order valence-corrected chi connectivity index (χ2v) is 11.3. The van der Waals surface area contributed by atoms with Gasteiger partial charge in [0.1, 0.15) is 6.04 Å².